The molecule has 0 aliphatic rings. The van der Waals surface area contributed by atoms with Gasteiger partial charge in [-0.1, -0.05) is 15.9 Å². The number of hydrogen-bond acceptors (Lipinski definition) is 1. The second kappa shape index (κ2) is 10.2. The van der Waals surface area contributed by atoms with Crippen LogP contribution in [0.25, 0.3) is 0 Å². The van der Waals surface area contributed by atoms with E-state index in [1.807, 2.05) is 0 Å². The summed E-state index contributed by atoms with van der Waals surface area (Å²) in [4.78, 5) is 0. The Balaban J connectivity index is 0. The molecule has 0 heterocycles. The summed E-state index contributed by atoms with van der Waals surface area (Å²) in [6.07, 6.45) is 1.11. The fourth-order valence-corrected chi connectivity index (χ4v) is 0.428. The van der Waals surface area contributed by atoms with E-state index < -0.39 is 0 Å². The van der Waals surface area contributed by atoms with E-state index in [1.165, 1.54) is 0 Å². The maximum absolute atomic E-state index is 4.75. The maximum Gasteiger partial charge on any atom is 0.316 e. The van der Waals surface area contributed by atoms with Crippen molar-refractivity contribution in [1.82, 2.24) is 0 Å². The van der Waals surface area contributed by atoms with Crippen molar-refractivity contribution < 1.29 is 4.74 Å². The van der Waals surface area contributed by atoms with E-state index in [4.69, 9.17) is 4.74 Å². The van der Waals surface area contributed by atoms with Crippen LogP contribution >= 0.6 is 15.9 Å². The van der Waals surface area contributed by atoms with Crippen LogP contribution < -0.4 is 0 Å². The van der Waals surface area contributed by atoms with E-state index >= 15 is 0 Å². The van der Waals surface area contributed by atoms with Crippen molar-refractivity contribution in [3.8, 4) is 0 Å². The van der Waals surface area contributed by atoms with Gasteiger partial charge < -0.3 is 4.74 Å². The van der Waals surface area contributed by atoms with Gasteiger partial charge in [0.1, 0.15) is 0 Å². The zero-order valence-electron chi connectivity index (χ0n) is 3.91. The van der Waals surface area contributed by atoms with Crippen molar-refractivity contribution in [2.45, 2.75) is 6.42 Å². The van der Waals surface area contributed by atoms with Crippen molar-refractivity contribution in [2.75, 3.05) is 19.0 Å². The van der Waals surface area contributed by atoms with Crippen LogP contribution in [0.5, 0.6) is 0 Å². The minimum atomic E-state index is 0. The Bertz CT molecular complexity index is 23.7. The first-order chi connectivity index (χ1) is 2.91. The highest BCUT2D eigenvalue weighted by Crippen LogP contribution is 1.85. The first-order valence-corrected chi connectivity index (χ1v) is 3.09. The molecule has 0 rings (SSSR count). The largest absolute Gasteiger partial charge is 0.385 e. The Kier molecular flexibility index (Phi) is 16.2. The van der Waals surface area contributed by atoms with Crippen LogP contribution in [0, 0.1) is 0 Å². The van der Waals surface area contributed by atoms with Crippen LogP contribution in [0.1, 0.15) is 6.42 Å². The third-order valence-corrected chi connectivity index (χ3v) is 1.04. The molecule has 7 heavy (non-hydrogen) atoms. The highest BCUT2D eigenvalue weighted by atomic mass is 79.9. The average molecular weight is 179 g/mol. The maximum atomic E-state index is 4.75. The summed E-state index contributed by atoms with van der Waals surface area (Å²) in [5.74, 6) is 0. The van der Waals surface area contributed by atoms with Gasteiger partial charge in [-0.25, -0.2) is 0 Å². The molecule has 0 saturated heterocycles. The van der Waals surface area contributed by atoms with Crippen molar-refractivity contribution in [2.24, 2.45) is 0 Å². The summed E-state index contributed by atoms with van der Waals surface area (Å²) in [5.41, 5.74) is 0. The third kappa shape index (κ3) is 11.0. The molecule has 0 amide bonds. The number of methoxy groups -OCH3 is 1. The minimum Gasteiger partial charge on any atom is -0.385 e. The number of ether oxygens (including phenoxy) is 1. The summed E-state index contributed by atoms with van der Waals surface area (Å²) in [6, 6.07) is 0. The van der Waals surface area contributed by atoms with Crippen molar-refractivity contribution in [3.63, 3.8) is 0 Å². The Morgan fingerprint density at radius 2 is 2.14 bits per heavy atom. The van der Waals surface area contributed by atoms with Crippen LogP contribution in [0.2, 0.25) is 0 Å². The van der Waals surface area contributed by atoms with Gasteiger partial charge in [-0.2, -0.15) is 0 Å². The Morgan fingerprint density at radius 1 is 1.57 bits per heavy atom. The zero-order chi connectivity index (χ0) is 4.83. The normalized spacial score (nSPS) is 7.71. The van der Waals surface area contributed by atoms with Gasteiger partial charge in [0.25, 0.3) is 0 Å². The van der Waals surface area contributed by atoms with E-state index in [0.29, 0.717) is 0 Å². The van der Waals surface area contributed by atoms with Gasteiger partial charge in [0.05, 0.1) is 0 Å². The minimum absolute atomic E-state index is 0. The molecule has 0 aliphatic carbocycles. The molecule has 0 atom stereocenters. The lowest BCUT2D eigenvalue weighted by Gasteiger charge is -1.88. The van der Waals surface area contributed by atoms with Crippen molar-refractivity contribution in [1.29, 1.82) is 0 Å². The predicted molar refractivity (Wildman–Crippen MR) is 38.8 cm³/mol. The molecule has 3 heteroatoms. The van der Waals surface area contributed by atoms with Crippen molar-refractivity contribution in [3.05, 3.63) is 0 Å². The molecular weight excluding hydrogens is 168 g/mol. The first kappa shape index (κ1) is 11.1. The second-order valence-corrected chi connectivity index (χ2v) is 1.83. The second-order valence-electron chi connectivity index (χ2n) is 1.04. The predicted octanol–water partition coefficient (Wildman–Crippen LogP) is 0.502. The molecule has 42 valence electrons. The van der Waals surface area contributed by atoms with Crippen LogP contribution in [0.3, 0.4) is 0 Å². The molecular formula is C4H11BrMgO. The molecule has 0 radical (unpaired) electrons. The molecule has 0 aliphatic heterocycles. The molecule has 0 aromatic carbocycles. The standard InChI is InChI=1S/C4H9BrO.Mg.2H/c1-6-4-2-3-5;;;/h2-4H2,1H3;;;. The number of rotatable bonds is 3. The lowest BCUT2D eigenvalue weighted by molar-refractivity contribution is 0.200. The molecule has 0 bridgehead atoms. The van der Waals surface area contributed by atoms with E-state index in [0.717, 1.165) is 18.4 Å². The fourth-order valence-electron chi connectivity index (χ4n) is 0.199. The summed E-state index contributed by atoms with van der Waals surface area (Å²) < 4.78 is 4.75. The highest BCUT2D eigenvalue weighted by Gasteiger charge is 1.75. The summed E-state index contributed by atoms with van der Waals surface area (Å²) in [7, 11) is 1.71. The molecule has 0 aromatic heterocycles. The smallest absolute Gasteiger partial charge is 0.316 e. The Morgan fingerprint density at radius 3 is 2.29 bits per heavy atom. The average Bonchev–Trinajstić information content (AvgIpc) is 1.61. The monoisotopic (exact) mass is 178 g/mol. The third-order valence-electron chi connectivity index (χ3n) is 0.482. The lowest BCUT2D eigenvalue weighted by atomic mass is 10.5. The SMILES string of the molecule is COCCCBr.[MgH2]. The van der Waals surface area contributed by atoms with Gasteiger partial charge in [0.2, 0.25) is 0 Å². The Hall–Kier alpha value is 1.21. The van der Waals surface area contributed by atoms with Crippen molar-refractivity contribution >= 4 is 39.0 Å². The van der Waals surface area contributed by atoms with Gasteiger partial charge in [0.15, 0.2) is 0 Å². The molecule has 0 N–H and O–H groups in total. The van der Waals surface area contributed by atoms with E-state index in [9.17, 15) is 0 Å². The van der Waals surface area contributed by atoms with Gasteiger partial charge in [-0.05, 0) is 6.42 Å². The van der Waals surface area contributed by atoms with E-state index in [2.05, 4.69) is 15.9 Å². The van der Waals surface area contributed by atoms with Gasteiger partial charge >= 0.3 is 23.1 Å². The van der Waals surface area contributed by atoms with Crippen LogP contribution in [-0.2, 0) is 4.74 Å². The van der Waals surface area contributed by atoms with E-state index in [-0.39, 0.29) is 23.1 Å². The zero-order valence-corrected chi connectivity index (χ0v) is 5.49. The molecule has 0 aromatic rings. The first-order valence-electron chi connectivity index (χ1n) is 1.96. The summed E-state index contributed by atoms with van der Waals surface area (Å²) >= 11 is 3.27. The fraction of sp³-hybridized carbons (Fsp3) is 1.00. The molecule has 0 fully saturated rings. The number of hydrogen-bond donors (Lipinski definition) is 0. The van der Waals surface area contributed by atoms with Crippen LogP contribution in [0.15, 0.2) is 0 Å². The molecule has 0 unspecified atom stereocenters. The van der Waals surface area contributed by atoms with Gasteiger partial charge in [-0.3, -0.25) is 0 Å². The number of alkyl halides is 1. The molecule has 1 nitrogen and oxygen atoms in total. The van der Waals surface area contributed by atoms with Crippen LogP contribution in [0.4, 0.5) is 0 Å². The molecule has 0 saturated carbocycles. The highest BCUT2D eigenvalue weighted by molar-refractivity contribution is 9.09. The van der Waals surface area contributed by atoms with E-state index in [1.54, 1.807) is 7.11 Å². The summed E-state index contributed by atoms with van der Waals surface area (Å²) in [5, 5.41) is 1.04. The molecule has 0 spiro atoms. The lowest BCUT2D eigenvalue weighted by Crippen LogP contribution is -1.86. The van der Waals surface area contributed by atoms with Gasteiger partial charge in [0, 0.05) is 19.0 Å². The van der Waals surface area contributed by atoms with Gasteiger partial charge in [-0.15, -0.1) is 0 Å². The topological polar surface area (TPSA) is 9.23 Å². The van der Waals surface area contributed by atoms with Crippen LogP contribution in [-0.4, -0.2) is 42.1 Å². The summed E-state index contributed by atoms with van der Waals surface area (Å²) in [6.45, 7) is 0.866. The Labute approximate surface area is 69.1 Å². The quantitative estimate of drug-likeness (QED) is 0.348. The number of halogens is 1.